The number of aromatic nitrogens is 1. The monoisotopic (exact) mass is 256 g/mol. The Morgan fingerprint density at radius 1 is 1.53 bits per heavy atom. The Labute approximate surface area is 101 Å². The topological polar surface area (TPSA) is 79.3 Å². The summed E-state index contributed by atoms with van der Waals surface area (Å²) in [5, 5.41) is 9.57. The van der Waals surface area contributed by atoms with Gasteiger partial charge in [-0.1, -0.05) is 13.8 Å². The fraction of sp³-hybridized carbons (Fsp3) is 0.545. The average Bonchev–Trinajstić information content (AvgIpc) is 2.30. The Balaban J connectivity index is 2.15. The summed E-state index contributed by atoms with van der Waals surface area (Å²) in [6.07, 6.45) is 2.83. The molecule has 1 heterocycles. The van der Waals surface area contributed by atoms with E-state index in [0.717, 1.165) is 0 Å². The van der Waals surface area contributed by atoms with E-state index in [1.165, 1.54) is 18.5 Å². The molecule has 1 aromatic heterocycles. The Hall–Kier alpha value is -0.980. The maximum absolute atomic E-state index is 12.0. The molecule has 0 radical (unpaired) electrons. The third kappa shape index (κ3) is 2.20. The lowest BCUT2D eigenvalue weighted by molar-refractivity contribution is -0.0645. The molecule has 1 fully saturated rings. The molecular formula is C11H16N2O3S. The third-order valence-corrected chi connectivity index (χ3v) is 4.91. The predicted molar refractivity (Wildman–Crippen MR) is 62.8 cm³/mol. The molecule has 0 spiro atoms. The van der Waals surface area contributed by atoms with E-state index < -0.39 is 21.5 Å². The number of nitrogens with zero attached hydrogens (tertiary/aromatic N) is 1. The molecule has 17 heavy (non-hydrogen) atoms. The number of aliphatic hydroxyl groups excluding tert-OH is 1. The summed E-state index contributed by atoms with van der Waals surface area (Å²) in [6, 6.07) is 2.84. The van der Waals surface area contributed by atoms with Gasteiger partial charge in [0.1, 0.15) is 4.90 Å². The standard InChI is InChI=1S/C11H16N2O3S/c1-11(2)9(6-10(11)14)13-17(15,16)8-4-3-5-12-7-8/h3-5,7,9-10,13-14H,6H2,1-2H3. The second-order valence-electron chi connectivity index (χ2n) is 4.94. The lowest BCUT2D eigenvalue weighted by Gasteiger charge is -2.49. The van der Waals surface area contributed by atoms with Crippen molar-refractivity contribution in [1.29, 1.82) is 0 Å². The van der Waals surface area contributed by atoms with Crippen LogP contribution < -0.4 is 4.72 Å². The minimum Gasteiger partial charge on any atom is -0.392 e. The highest BCUT2D eigenvalue weighted by Crippen LogP contribution is 2.41. The maximum Gasteiger partial charge on any atom is 0.242 e. The van der Waals surface area contributed by atoms with E-state index in [2.05, 4.69) is 9.71 Å². The van der Waals surface area contributed by atoms with Gasteiger partial charge in [-0.2, -0.15) is 0 Å². The molecule has 5 nitrogen and oxygen atoms in total. The molecule has 0 amide bonds. The first-order valence-electron chi connectivity index (χ1n) is 5.44. The number of pyridine rings is 1. The van der Waals surface area contributed by atoms with Gasteiger partial charge in [0.25, 0.3) is 0 Å². The molecule has 1 aromatic rings. The van der Waals surface area contributed by atoms with Crippen LogP contribution in [0.5, 0.6) is 0 Å². The number of rotatable bonds is 3. The van der Waals surface area contributed by atoms with Crippen LogP contribution in [-0.4, -0.2) is 30.7 Å². The third-order valence-electron chi connectivity index (χ3n) is 3.46. The van der Waals surface area contributed by atoms with E-state index in [1.807, 2.05) is 13.8 Å². The van der Waals surface area contributed by atoms with Crippen LogP contribution >= 0.6 is 0 Å². The van der Waals surface area contributed by atoms with Crippen molar-refractivity contribution in [1.82, 2.24) is 9.71 Å². The van der Waals surface area contributed by atoms with Crippen LogP contribution in [0.1, 0.15) is 20.3 Å². The zero-order chi connectivity index (χ0) is 12.7. The van der Waals surface area contributed by atoms with Crippen molar-refractivity contribution in [2.75, 3.05) is 0 Å². The Morgan fingerprint density at radius 3 is 2.71 bits per heavy atom. The molecule has 0 bridgehead atoms. The summed E-state index contributed by atoms with van der Waals surface area (Å²) < 4.78 is 26.6. The van der Waals surface area contributed by atoms with Crippen molar-refractivity contribution >= 4 is 10.0 Å². The predicted octanol–water partition coefficient (Wildman–Crippen LogP) is 0.519. The Morgan fingerprint density at radius 2 is 2.24 bits per heavy atom. The lowest BCUT2D eigenvalue weighted by atomic mass is 9.65. The van der Waals surface area contributed by atoms with Crippen molar-refractivity contribution in [3.63, 3.8) is 0 Å². The van der Waals surface area contributed by atoms with Crippen molar-refractivity contribution in [3.05, 3.63) is 24.5 Å². The molecule has 2 N–H and O–H groups in total. The minimum absolute atomic E-state index is 0.150. The molecule has 2 rings (SSSR count). The zero-order valence-electron chi connectivity index (χ0n) is 9.79. The fourth-order valence-corrected chi connectivity index (χ4v) is 3.23. The quantitative estimate of drug-likeness (QED) is 0.826. The van der Waals surface area contributed by atoms with Gasteiger partial charge >= 0.3 is 0 Å². The van der Waals surface area contributed by atoms with Gasteiger partial charge in [0.15, 0.2) is 0 Å². The first-order chi connectivity index (χ1) is 7.84. The molecule has 0 aliphatic heterocycles. The highest BCUT2D eigenvalue weighted by Gasteiger charge is 2.48. The summed E-state index contributed by atoms with van der Waals surface area (Å²) in [7, 11) is -3.54. The lowest BCUT2D eigenvalue weighted by Crippen LogP contribution is -2.61. The molecule has 94 valence electrons. The smallest absolute Gasteiger partial charge is 0.242 e. The molecule has 1 aliphatic carbocycles. The van der Waals surface area contributed by atoms with Crippen LogP contribution in [0.25, 0.3) is 0 Å². The fourth-order valence-electron chi connectivity index (χ4n) is 1.86. The molecule has 0 aromatic carbocycles. The molecule has 1 aliphatic rings. The summed E-state index contributed by atoms with van der Waals surface area (Å²) in [6.45, 7) is 3.69. The van der Waals surface area contributed by atoms with Gasteiger partial charge in [0.05, 0.1) is 6.10 Å². The first-order valence-corrected chi connectivity index (χ1v) is 6.93. The Bertz CT molecular complexity index is 499. The second-order valence-corrected chi connectivity index (χ2v) is 6.65. The van der Waals surface area contributed by atoms with E-state index >= 15 is 0 Å². The highest BCUT2D eigenvalue weighted by molar-refractivity contribution is 7.89. The van der Waals surface area contributed by atoms with Crippen molar-refractivity contribution in [2.24, 2.45) is 5.41 Å². The van der Waals surface area contributed by atoms with Crippen LogP contribution in [0.3, 0.4) is 0 Å². The van der Waals surface area contributed by atoms with E-state index in [1.54, 1.807) is 6.07 Å². The number of sulfonamides is 1. The summed E-state index contributed by atoms with van der Waals surface area (Å²) >= 11 is 0. The number of hydrogen-bond acceptors (Lipinski definition) is 4. The molecule has 1 saturated carbocycles. The van der Waals surface area contributed by atoms with Gasteiger partial charge in [-0.3, -0.25) is 4.98 Å². The van der Waals surface area contributed by atoms with Crippen LogP contribution in [-0.2, 0) is 10.0 Å². The van der Waals surface area contributed by atoms with E-state index in [9.17, 15) is 13.5 Å². The zero-order valence-corrected chi connectivity index (χ0v) is 10.6. The first kappa shape index (κ1) is 12.5. The molecule has 2 atom stereocenters. The summed E-state index contributed by atoms with van der Waals surface area (Å²) in [4.78, 5) is 3.94. The molecular weight excluding hydrogens is 240 g/mol. The molecule has 6 heteroatoms. The van der Waals surface area contributed by atoms with Crippen LogP contribution in [0.4, 0.5) is 0 Å². The van der Waals surface area contributed by atoms with E-state index in [-0.39, 0.29) is 10.9 Å². The normalized spacial score (nSPS) is 27.5. The van der Waals surface area contributed by atoms with Crippen molar-refractivity contribution < 1.29 is 13.5 Å². The molecule has 0 saturated heterocycles. The van der Waals surface area contributed by atoms with Gasteiger partial charge < -0.3 is 5.11 Å². The number of nitrogens with one attached hydrogen (secondary N) is 1. The van der Waals surface area contributed by atoms with Crippen LogP contribution in [0.15, 0.2) is 29.4 Å². The SMILES string of the molecule is CC1(C)C(O)CC1NS(=O)(=O)c1cccnc1. The maximum atomic E-state index is 12.0. The van der Waals surface area contributed by atoms with Crippen molar-refractivity contribution in [3.8, 4) is 0 Å². The van der Waals surface area contributed by atoms with Crippen molar-refractivity contribution in [2.45, 2.75) is 37.3 Å². The molecule has 2 unspecified atom stereocenters. The van der Waals surface area contributed by atoms with Crippen LogP contribution in [0, 0.1) is 5.41 Å². The van der Waals surface area contributed by atoms with Gasteiger partial charge in [-0.25, -0.2) is 13.1 Å². The van der Waals surface area contributed by atoms with Gasteiger partial charge in [0.2, 0.25) is 10.0 Å². The highest BCUT2D eigenvalue weighted by atomic mass is 32.2. The van der Waals surface area contributed by atoms with Crippen LogP contribution in [0.2, 0.25) is 0 Å². The summed E-state index contributed by atoms with van der Waals surface area (Å²) in [5.74, 6) is 0. The number of hydrogen-bond donors (Lipinski definition) is 2. The number of aliphatic hydroxyl groups is 1. The minimum atomic E-state index is -3.54. The Kier molecular flexibility index (Phi) is 2.97. The average molecular weight is 256 g/mol. The largest absolute Gasteiger partial charge is 0.392 e. The van der Waals surface area contributed by atoms with Gasteiger partial charge in [-0.15, -0.1) is 0 Å². The summed E-state index contributed by atoms with van der Waals surface area (Å²) in [5.41, 5.74) is -0.421. The van der Waals surface area contributed by atoms with Gasteiger partial charge in [-0.05, 0) is 18.6 Å². The van der Waals surface area contributed by atoms with Gasteiger partial charge in [0, 0.05) is 23.9 Å². The second kappa shape index (κ2) is 4.04. The van der Waals surface area contributed by atoms with E-state index in [4.69, 9.17) is 0 Å². The van der Waals surface area contributed by atoms with E-state index in [0.29, 0.717) is 6.42 Å².